The van der Waals surface area contributed by atoms with E-state index in [1.165, 1.54) is 43.5 Å². The number of hydrogen-bond donors (Lipinski definition) is 1. The molecule has 4 rings (SSSR count). The van der Waals surface area contributed by atoms with E-state index in [4.69, 9.17) is 11.6 Å². The second kappa shape index (κ2) is 8.11. The third-order valence-electron chi connectivity index (χ3n) is 5.85. The van der Waals surface area contributed by atoms with E-state index in [0.717, 1.165) is 23.7 Å². The van der Waals surface area contributed by atoms with Crippen molar-refractivity contribution < 1.29 is 0 Å². The SMILES string of the molecule is Cc1cccc([C@@H]2NCC[C@@H]2N2C3CCC2CN(C)C3)c1Cl.Cl.Cl. The average molecular weight is 393 g/mol. The van der Waals surface area contributed by atoms with Gasteiger partial charge in [0.1, 0.15) is 0 Å². The maximum Gasteiger partial charge on any atom is 0.0493 e. The molecule has 0 radical (unpaired) electrons. The molecular formula is C18H28Cl3N3. The highest BCUT2D eigenvalue weighted by Crippen LogP contribution is 2.40. The number of nitrogens with zero attached hydrogens (tertiary/aromatic N) is 2. The first-order valence-corrected chi connectivity index (χ1v) is 8.97. The van der Waals surface area contributed by atoms with E-state index in [-0.39, 0.29) is 24.8 Å². The van der Waals surface area contributed by atoms with Crippen molar-refractivity contribution in [2.24, 2.45) is 0 Å². The van der Waals surface area contributed by atoms with E-state index < -0.39 is 0 Å². The molecule has 3 aliphatic heterocycles. The quantitative estimate of drug-likeness (QED) is 0.828. The van der Waals surface area contributed by atoms with Gasteiger partial charge in [-0.1, -0.05) is 29.8 Å². The zero-order valence-corrected chi connectivity index (χ0v) is 16.8. The van der Waals surface area contributed by atoms with Gasteiger partial charge in [0.05, 0.1) is 0 Å². The number of benzene rings is 1. The first-order chi connectivity index (χ1) is 10.6. The molecule has 4 atom stereocenters. The molecular weight excluding hydrogens is 365 g/mol. The number of hydrogen-bond acceptors (Lipinski definition) is 3. The molecule has 0 amide bonds. The monoisotopic (exact) mass is 391 g/mol. The van der Waals surface area contributed by atoms with Gasteiger partial charge in [-0.05, 0) is 50.9 Å². The van der Waals surface area contributed by atoms with Crippen molar-refractivity contribution >= 4 is 36.4 Å². The van der Waals surface area contributed by atoms with Gasteiger partial charge in [-0.3, -0.25) is 4.90 Å². The van der Waals surface area contributed by atoms with Crippen LogP contribution >= 0.6 is 36.4 Å². The van der Waals surface area contributed by atoms with Crippen molar-refractivity contribution in [1.29, 1.82) is 0 Å². The second-order valence-corrected chi connectivity index (χ2v) is 7.70. The first-order valence-electron chi connectivity index (χ1n) is 8.59. The van der Waals surface area contributed by atoms with Gasteiger partial charge in [0, 0.05) is 42.3 Å². The molecule has 1 aromatic carbocycles. The van der Waals surface area contributed by atoms with Gasteiger partial charge in [-0.15, -0.1) is 24.8 Å². The predicted molar refractivity (Wildman–Crippen MR) is 106 cm³/mol. The number of fused-ring (bicyclic) bond motifs is 2. The fourth-order valence-corrected chi connectivity index (χ4v) is 5.17. The Morgan fingerprint density at radius 1 is 1.08 bits per heavy atom. The number of rotatable bonds is 2. The largest absolute Gasteiger partial charge is 0.309 e. The van der Waals surface area contributed by atoms with Gasteiger partial charge in [0.25, 0.3) is 0 Å². The summed E-state index contributed by atoms with van der Waals surface area (Å²) in [6.45, 7) is 5.66. The highest BCUT2D eigenvalue weighted by molar-refractivity contribution is 6.32. The van der Waals surface area contributed by atoms with E-state index in [1.807, 2.05) is 0 Å². The Kier molecular flexibility index (Phi) is 6.86. The molecule has 136 valence electrons. The zero-order chi connectivity index (χ0) is 15.3. The molecule has 3 nitrogen and oxygen atoms in total. The minimum atomic E-state index is 0. The van der Waals surface area contributed by atoms with Crippen LogP contribution in [-0.4, -0.2) is 54.6 Å². The van der Waals surface area contributed by atoms with Crippen molar-refractivity contribution in [1.82, 2.24) is 15.1 Å². The Morgan fingerprint density at radius 2 is 1.75 bits per heavy atom. The zero-order valence-electron chi connectivity index (χ0n) is 14.4. The fourth-order valence-electron chi connectivity index (χ4n) is 4.93. The van der Waals surface area contributed by atoms with Crippen LogP contribution in [0.1, 0.15) is 36.4 Å². The predicted octanol–water partition coefficient (Wildman–Crippen LogP) is 3.67. The van der Waals surface area contributed by atoms with Crippen molar-refractivity contribution in [2.75, 3.05) is 26.7 Å². The molecule has 3 heterocycles. The van der Waals surface area contributed by atoms with Crippen LogP contribution in [0.4, 0.5) is 0 Å². The van der Waals surface area contributed by atoms with Crippen molar-refractivity contribution in [3.63, 3.8) is 0 Å². The normalized spacial score (nSPS) is 33.1. The Morgan fingerprint density at radius 3 is 2.42 bits per heavy atom. The lowest BCUT2D eigenvalue weighted by Gasteiger charge is -2.44. The fraction of sp³-hybridized carbons (Fsp3) is 0.667. The van der Waals surface area contributed by atoms with Crippen LogP contribution in [0.2, 0.25) is 5.02 Å². The van der Waals surface area contributed by atoms with Crippen LogP contribution < -0.4 is 5.32 Å². The summed E-state index contributed by atoms with van der Waals surface area (Å²) in [7, 11) is 2.27. The van der Waals surface area contributed by atoms with Crippen LogP contribution in [0.15, 0.2) is 18.2 Å². The van der Waals surface area contributed by atoms with Gasteiger partial charge in [0.15, 0.2) is 0 Å². The summed E-state index contributed by atoms with van der Waals surface area (Å²) in [5, 5.41) is 4.68. The van der Waals surface area contributed by atoms with Gasteiger partial charge < -0.3 is 10.2 Å². The molecule has 0 spiro atoms. The van der Waals surface area contributed by atoms with Gasteiger partial charge in [-0.25, -0.2) is 0 Å². The Hall–Kier alpha value is -0.0300. The van der Waals surface area contributed by atoms with Crippen molar-refractivity contribution in [3.8, 4) is 0 Å². The second-order valence-electron chi connectivity index (χ2n) is 7.32. The van der Waals surface area contributed by atoms with Gasteiger partial charge >= 0.3 is 0 Å². The van der Waals surface area contributed by atoms with Crippen LogP contribution in [-0.2, 0) is 0 Å². The molecule has 0 saturated carbocycles. The molecule has 3 fully saturated rings. The van der Waals surface area contributed by atoms with Crippen LogP contribution in [0.3, 0.4) is 0 Å². The molecule has 3 aliphatic rings. The van der Waals surface area contributed by atoms with Crippen LogP contribution in [0.25, 0.3) is 0 Å². The lowest BCUT2D eigenvalue weighted by molar-refractivity contribution is 0.0391. The van der Waals surface area contributed by atoms with E-state index in [9.17, 15) is 0 Å². The number of nitrogens with one attached hydrogen (secondary N) is 1. The Balaban J connectivity index is 0.00000104. The molecule has 2 unspecified atom stereocenters. The number of likely N-dealkylation sites (tertiary alicyclic amines) is 1. The number of piperazine rings is 1. The molecule has 0 aromatic heterocycles. The highest BCUT2D eigenvalue weighted by atomic mass is 35.5. The maximum atomic E-state index is 6.62. The third-order valence-corrected chi connectivity index (χ3v) is 6.37. The lowest BCUT2D eigenvalue weighted by atomic mass is 9.95. The smallest absolute Gasteiger partial charge is 0.0493 e. The summed E-state index contributed by atoms with van der Waals surface area (Å²) in [4.78, 5) is 5.35. The molecule has 1 aromatic rings. The number of likely N-dealkylation sites (N-methyl/N-ethyl adjacent to an activating group) is 1. The van der Waals surface area contributed by atoms with E-state index in [2.05, 4.69) is 47.3 Å². The third kappa shape index (κ3) is 3.44. The first kappa shape index (κ1) is 20.3. The molecule has 6 heteroatoms. The lowest BCUT2D eigenvalue weighted by Crippen LogP contribution is -2.57. The summed E-state index contributed by atoms with van der Waals surface area (Å²) in [5.74, 6) is 0. The topological polar surface area (TPSA) is 18.5 Å². The Labute approximate surface area is 162 Å². The molecule has 2 bridgehead atoms. The van der Waals surface area contributed by atoms with Crippen LogP contribution in [0.5, 0.6) is 0 Å². The molecule has 0 aliphatic carbocycles. The Bertz CT molecular complexity index is 554. The van der Waals surface area contributed by atoms with Crippen molar-refractivity contribution in [2.45, 2.75) is 50.4 Å². The van der Waals surface area contributed by atoms with Crippen molar-refractivity contribution in [3.05, 3.63) is 34.3 Å². The average Bonchev–Trinajstić information content (AvgIpc) is 3.04. The minimum absolute atomic E-state index is 0. The molecule has 24 heavy (non-hydrogen) atoms. The summed E-state index contributed by atoms with van der Waals surface area (Å²) in [5.41, 5.74) is 2.48. The number of halogens is 3. The van der Waals surface area contributed by atoms with Gasteiger partial charge in [0.2, 0.25) is 0 Å². The molecule has 3 saturated heterocycles. The van der Waals surface area contributed by atoms with Gasteiger partial charge in [-0.2, -0.15) is 0 Å². The van der Waals surface area contributed by atoms with E-state index >= 15 is 0 Å². The molecule has 1 N–H and O–H groups in total. The van der Waals surface area contributed by atoms with E-state index in [0.29, 0.717) is 12.1 Å². The van der Waals surface area contributed by atoms with Crippen LogP contribution in [0, 0.1) is 6.92 Å². The maximum absolute atomic E-state index is 6.62. The standard InChI is InChI=1S/C18H26ClN3.2ClH/c1-12-4-3-5-15(17(12)19)18-16(8-9-20-18)22-13-6-7-14(22)11-21(2)10-13;;/h3-5,13-14,16,18,20H,6-11H2,1-2H3;2*1H/t13?,14?,16-,18-;;/m0../s1. The minimum Gasteiger partial charge on any atom is -0.309 e. The summed E-state index contributed by atoms with van der Waals surface area (Å²) >= 11 is 6.62. The van der Waals surface area contributed by atoms with E-state index in [1.54, 1.807) is 0 Å². The summed E-state index contributed by atoms with van der Waals surface area (Å²) in [6, 6.07) is 8.93. The summed E-state index contributed by atoms with van der Waals surface area (Å²) in [6.07, 6.45) is 3.96. The highest BCUT2D eigenvalue weighted by Gasteiger charge is 2.46. The number of aryl methyl sites for hydroxylation is 1. The summed E-state index contributed by atoms with van der Waals surface area (Å²) < 4.78 is 0.